The highest BCUT2D eigenvalue weighted by Crippen LogP contribution is 2.18. The summed E-state index contributed by atoms with van der Waals surface area (Å²) in [5, 5.41) is 4.03. The molecule has 2 atom stereocenters. The maximum atomic E-state index is 6.19. The lowest BCUT2D eigenvalue weighted by Gasteiger charge is -2.27. The average molecular weight is 280 g/mol. The summed E-state index contributed by atoms with van der Waals surface area (Å²) in [6, 6.07) is -0.157. The van der Waals surface area contributed by atoms with Gasteiger partial charge in [-0.05, 0) is 38.8 Å². The van der Waals surface area contributed by atoms with E-state index in [4.69, 9.17) is 15.0 Å². The zero-order valence-corrected chi connectivity index (χ0v) is 12.0. The molecule has 0 radical (unpaired) electrons. The molecule has 3 heterocycles. The maximum Gasteiger partial charge on any atom is 0.229 e. The van der Waals surface area contributed by atoms with Crippen LogP contribution in [0.1, 0.15) is 49.9 Å². The third-order valence-electron chi connectivity index (χ3n) is 4.15. The highest BCUT2D eigenvalue weighted by molar-refractivity contribution is 4.95. The van der Waals surface area contributed by atoms with Crippen molar-refractivity contribution >= 4 is 0 Å². The summed E-state index contributed by atoms with van der Waals surface area (Å²) in [4.78, 5) is 6.82. The Labute approximate surface area is 119 Å². The van der Waals surface area contributed by atoms with E-state index in [1.807, 2.05) is 0 Å². The Hall–Kier alpha value is -0.980. The fraction of sp³-hybridized carbons (Fsp3) is 0.857. The molecule has 3 rings (SSSR count). The Kier molecular flexibility index (Phi) is 4.65. The molecule has 2 saturated heterocycles. The van der Waals surface area contributed by atoms with E-state index in [0.717, 1.165) is 39.1 Å². The average Bonchev–Trinajstić information content (AvgIpc) is 3.12. The predicted molar refractivity (Wildman–Crippen MR) is 74.2 cm³/mol. The molecule has 6 heteroatoms. The van der Waals surface area contributed by atoms with Crippen LogP contribution >= 0.6 is 0 Å². The Morgan fingerprint density at radius 3 is 2.85 bits per heavy atom. The van der Waals surface area contributed by atoms with E-state index in [-0.39, 0.29) is 12.1 Å². The zero-order chi connectivity index (χ0) is 13.8. The van der Waals surface area contributed by atoms with Crippen LogP contribution in [0.4, 0.5) is 0 Å². The van der Waals surface area contributed by atoms with Crippen LogP contribution in [0.3, 0.4) is 0 Å². The summed E-state index contributed by atoms with van der Waals surface area (Å²) >= 11 is 0. The molecule has 2 fully saturated rings. The van der Waals surface area contributed by atoms with Gasteiger partial charge < -0.3 is 19.9 Å². The molecule has 2 unspecified atom stereocenters. The molecule has 2 aliphatic heterocycles. The zero-order valence-electron chi connectivity index (χ0n) is 12.0. The number of hydrogen-bond donors (Lipinski definition) is 1. The van der Waals surface area contributed by atoms with Gasteiger partial charge in [0.2, 0.25) is 5.89 Å². The molecular formula is C14H24N4O2. The predicted octanol–water partition coefficient (Wildman–Crippen LogP) is 1.28. The molecule has 6 nitrogen and oxygen atoms in total. The maximum absolute atomic E-state index is 6.19. The van der Waals surface area contributed by atoms with Crippen LogP contribution in [0.25, 0.3) is 0 Å². The molecule has 1 aromatic rings. The smallest absolute Gasteiger partial charge is 0.229 e. The standard InChI is InChI=1S/C14H24N4O2/c15-12(10-18-6-2-1-3-7-18)14-16-13(20-17-14)9-11-5-4-8-19-11/h11-12H,1-10,15H2. The molecule has 0 saturated carbocycles. The molecule has 0 aliphatic carbocycles. The van der Waals surface area contributed by atoms with E-state index >= 15 is 0 Å². The van der Waals surface area contributed by atoms with Crippen molar-refractivity contribution in [2.75, 3.05) is 26.2 Å². The van der Waals surface area contributed by atoms with Gasteiger partial charge in [0.25, 0.3) is 0 Å². The summed E-state index contributed by atoms with van der Waals surface area (Å²) in [5.41, 5.74) is 6.19. The van der Waals surface area contributed by atoms with Crippen molar-refractivity contribution in [3.8, 4) is 0 Å². The van der Waals surface area contributed by atoms with Crippen LogP contribution in [0.15, 0.2) is 4.52 Å². The first-order valence-electron chi connectivity index (χ1n) is 7.73. The second-order valence-corrected chi connectivity index (χ2v) is 5.85. The third kappa shape index (κ3) is 3.56. The van der Waals surface area contributed by atoms with E-state index in [1.54, 1.807) is 0 Å². The summed E-state index contributed by atoms with van der Waals surface area (Å²) in [6.45, 7) is 3.93. The normalized spacial score (nSPS) is 25.9. The number of ether oxygens (including phenoxy) is 1. The van der Waals surface area contributed by atoms with Gasteiger partial charge in [0.05, 0.1) is 18.6 Å². The van der Waals surface area contributed by atoms with Crippen molar-refractivity contribution in [3.05, 3.63) is 11.7 Å². The van der Waals surface area contributed by atoms with Crippen molar-refractivity contribution in [1.29, 1.82) is 0 Å². The van der Waals surface area contributed by atoms with Crippen molar-refractivity contribution in [1.82, 2.24) is 15.0 Å². The summed E-state index contributed by atoms with van der Waals surface area (Å²) < 4.78 is 10.9. The van der Waals surface area contributed by atoms with E-state index in [1.165, 1.54) is 19.3 Å². The SMILES string of the molecule is NC(CN1CCCCC1)c1noc(CC2CCCO2)n1. The van der Waals surface area contributed by atoms with Gasteiger partial charge in [-0.25, -0.2) is 0 Å². The molecule has 0 aromatic carbocycles. The summed E-state index contributed by atoms with van der Waals surface area (Å²) in [5.74, 6) is 1.28. The second-order valence-electron chi connectivity index (χ2n) is 5.85. The fourth-order valence-electron chi connectivity index (χ4n) is 3.00. The second kappa shape index (κ2) is 6.65. The topological polar surface area (TPSA) is 77.4 Å². The first-order chi connectivity index (χ1) is 9.81. The molecule has 112 valence electrons. The molecule has 2 N–H and O–H groups in total. The number of aromatic nitrogens is 2. The number of piperidine rings is 1. The van der Waals surface area contributed by atoms with Gasteiger partial charge >= 0.3 is 0 Å². The lowest BCUT2D eigenvalue weighted by atomic mass is 10.1. The first-order valence-corrected chi connectivity index (χ1v) is 7.73. The first kappa shape index (κ1) is 14.0. The lowest BCUT2D eigenvalue weighted by Crippen LogP contribution is -2.36. The molecule has 0 bridgehead atoms. The summed E-state index contributed by atoms with van der Waals surface area (Å²) in [7, 11) is 0. The van der Waals surface area contributed by atoms with E-state index in [9.17, 15) is 0 Å². The Morgan fingerprint density at radius 2 is 2.10 bits per heavy atom. The highest BCUT2D eigenvalue weighted by atomic mass is 16.5. The van der Waals surface area contributed by atoms with Gasteiger partial charge in [0.1, 0.15) is 0 Å². The monoisotopic (exact) mass is 280 g/mol. The van der Waals surface area contributed by atoms with Gasteiger partial charge in [-0.3, -0.25) is 0 Å². The van der Waals surface area contributed by atoms with E-state index < -0.39 is 0 Å². The van der Waals surface area contributed by atoms with Gasteiger partial charge in [-0.15, -0.1) is 0 Å². The number of nitrogens with zero attached hydrogens (tertiary/aromatic N) is 3. The van der Waals surface area contributed by atoms with E-state index in [0.29, 0.717) is 18.1 Å². The molecule has 20 heavy (non-hydrogen) atoms. The summed E-state index contributed by atoms with van der Waals surface area (Å²) in [6.07, 6.45) is 7.02. The lowest BCUT2D eigenvalue weighted by molar-refractivity contribution is 0.104. The van der Waals surface area contributed by atoms with Crippen LogP contribution in [0.2, 0.25) is 0 Å². The van der Waals surface area contributed by atoms with Crippen molar-refractivity contribution < 1.29 is 9.26 Å². The van der Waals surface area contributed by atoms with Crippen LogP contribution < -0.4 is 5.73 Å². The van der Waals surface area contributed by atoms with Crippen molar-refractivity contribution in [2.24, 2.45) is 5.73 Å². The highest BCUT2D eigenvalue weighted by Gasteiger charge is 2.22. The minimum Gasteiger partial charge on any atom is -0.378 e. The quantitative estimate of drug-likeness (QED) is 0.875. The van der Waals surface area contributed by atoms with Crippen molar-refractivity contribution in [3.63, 3.8) is 0 Å². The molecule has 0 spiro atoms. The number of rotatable bonds is 5. The largest absolute Gasteiger partial charge is 0.378 e. The van der Waals surface area contributed by atoms with Crippen LogP contribution in [0, 0.1) is 0 Å². The van der Waals surface area contributed by atoms with Crippen LogP contribution in [-0.2, 0) is 11.2 Å². The number of hydrogen-bond acceptors (Lipinski definition) is 6. The van der Waals surface area contributed by atoms with Crippen LogP contribution in [-0.4, -0.2) is 47.4 Å². The number of likely N-dealkylation sites (tertiary alicyclic amines) is 1. The Bertz CT molecular complexity index is 411. The Balaban J connectivity index is 1.52. The minimum atomic E-state index is -0.157. The fourth-order valence-corrected chi connectivity index (χ4v) is 3.00. The van der Waals surface area contributed by atoms with Crippen molar-refractivity contribution in [2.45, 2.75) is 50.7 Å². The molecule has 1 aromatic heterocycles. The van der Waals surface area contributed by atoms with E-state index in [2.05, 4.69) is 15.0 Å². The third-order valence-corrected chi connectivity index (χ3v) is 4.15. The van der Waals surface area contributed by atoms with Gasteiger partial charge in [-0.1, -0.05) is 11.6 Å². The minimum absolute atomic E-state index is 0.157. The number of nitrogens with two attached hydrogens (primary N) is 1. The molecule has 0 amide bonds. The van der Waals surface area contributed by atoms with Gasteiger partial charge in [0, 0.05) is 13.2 Å². The molecule has 2 aliphatic rings. The molecular weight excluding hydrogens is 256 g/mol. The Morgan fingerprint density at radius 1 is 1.25 bits per heavy atom. The van der Waals surface area contributed by atoms with Gasteiger partial charge in [-0.2, -0.15) is 4.98 Å². The van der Waals surface area contributed by atoms with Gasteiger partial charge in [0.15, 0.2) is 5.82 Å². The van der Waals surface area contributed by atoms with Crippen LogP contribution in [0.5, 0.6) is 0 Å².